The number of rotatable bonds is 8. The Balaban J connectivity index is 1.80. The molecule has 1 aliphatic heterocycles. The summed E-state index contributed by atoms with van der Waals surface area (Å²) < 4.78 is 22.4. The van der Waals surface area contributed by atoms with Gasteiger partial charge in [0.05, 0.1) is 38.4 Å². The van der Waals surface area contributed by atoms with Crippen LogP contribution < -0.4 is 14.2 Å². The third-order valence-electron chi connectivity index (χ3n) is 6.95. The number of allylic oxidation sites excluding steroid dienone is 1. The second-order valence-electron chi connectivity index (χ2n) is 9.67. The Morgan fingerprint density at radius 2 is 1.73 bits per heavy atom. The van der Waals surface area contributed by atoms with Crippen LogP contribution in [0.5, 0.6) is 17.2 Å². The lowest BCUT2D eigenvalue weighted by Crippen LogP contribution is -2.41. The van der Waals surface area contributed by atoms with Crippen molar-refractivity contribution >= 4 is 17.5 Å². The molecular weight excluding hydrogens is 470 g/mol. The molecule has 4 rings (SSSR count). The number of ether oxygens (including phenoxy) is 4. The number of hydrogen-bond acceptors (Lipinski definition) is 7. The fourth-order valence-corrected chi connectivity index (χ4v) is 5.42. The van der Waals surface area contributed by atoms with Crippen LogP contribution in [-0.4, -0.2) is 44.4 Å². The Labute approximate surface area is 218 Å². The van der Waals surface area contributed by atoms with Crippen molar-refractivity contribution in [3.05, 3.63) is 64.9 Å². The van der Waals surface area contributed by atoms with E-state index in [2.05, 4.69) is 0 Å². The van der Waals surface area contributed by atoms with Crippen molar-refractivity contribution in [3.63, 3.8) is 0 Å². The highest BCUT2D eigenvalue weighted by molar-refractivity contribution is 6.12. The molecule has 37 heavy (non-hydrogen) atoms. The predicted octanol–water partition coefficient (Wildman–Crippen LogP) is 5.63. The molecule has 7 nitrogen and oxygen atoms in total. The molecule has 0 amide bonds. The molecule has 1 unspecified atom stereocenters. The number of benzene rings is 2. The fraction of sp³-hybridized carbons (Fsp3) is 0.433. The third-order valence-corrected chi connectivity index (χ3v) is 6.95. The number of carbonyl (C=O) groups excluding carboxylic acids is 2. The van der Waals surface area contributed by atoms with Crippen molar-refractivity contribution in [2.45, 2.75) is 58.5 Å². The average Bonchev–Trinajstić information content (AvgIpc) is 2.87. The largest absolute Gasteiger partial charge is 0.494 e. The number of Topliss-reactive ketones (excluding diaryl/α,β-unsaturated/α-hetero) is 1. The molecule has 196 valence electrons. The van der Waals surface area contributed by atoms with Gasteiger partial charge in [0.25, 0.3) is 0 Å². The first-order valence-electron chi connectivity index (χ1n) is 12.7. The zero-order chi connectivity index (χ0) is 26.7. The van der Waals surface area contributed by atoms with Gasteiger partial charge in [-0.25, -0.2) is 4.79 Å². The Kier molecular flexibility index (Phi) is 8.00. The molecule has 0 aromatic heterocycles. The van der Waals surface area contributed by atoms with Crippen LogP contribution in [0.4, 0.5) is 0 Å². The quantitative estimate of drug-likeness (QED) is 0.433. The number of aliphatic imine (C=N–C) groups is 1. The molecule has 7 heteroatoms. The van der Waals surface area contributed by atoms with E-state index >= 15 is 0 Å². The van der Waals surface area contributed by atoms with Crippen LogP contribution >= 0.6 is 0 Å². The monoisotopic (exact) mass is 505 g/mol. The van der Waals surface area contributed by atoms with Gasteiger partial charge in [0.15, 0.2) is 11.5 Å². The number of hydrogen-bond donors (Lipinski definition) is 0. The molecule has 0 saturated heterocycles. The van der Waals surface area contributed by atoms with E-state index in [4.69, 9.17) is 23.9 Å². The number of ketones is 1. The van der Waals surface area contributed by atoms with Crippen LogP contribution in [0.25, 0.3) is 0 Å². The first kappa shape index (κ1) is 26.5. The van der Waals surface area contributed by atoms with Gasteiger partial charge >= 0.3 is 5.97 Å². The summed E-state index contributed by atoms with van der Waals surface area (Å²) in [5.74, 6) is 0.386. The number of para-hydroxylation sites is 1. The Morgan fingerprint density at radius 1 is 1.00 bits per heavy atom. The van der Waals surface area contributed by atoms with E-state index in [0.29, 0.717) is 48.0 Å². The van der Waals surface area contributed by atoms with Crippen molar-refractivity contribution < 1.29 is 28.5 Å². The van der Waals surface area contributed by atoms with Crippen LogP contribution in [0.3, 0.4) is 0 Å². The number of nitrogens with zero attached hydrogens (tertiary/aromatic N) is 1. The Morgan fingerprint density at radius 3 is 2.41 bits per heavy atom. The van der Waals surface area contributed by atoms with Gasteiger partial charge in [-0.15, -0.1) is 0 Å². The molecule has 3 atom stereocenters. The van der Waals surface area contributed by atoms with E-state index in [0.717, 1.165) is 16.8 Å². The highest BCUT2D eigenvalue weighted by atomic mass is 16.5. The van der Waals surface area contributed by atoms with E-state index in [1.807, 2.05) is 70.2 Å². The molecule has 2 aliphatic rings. The van der Waals surface area contributed by atoms with E-state index in [9.17, 15) is 9.59 Å². The van der Waals surface area contributed by atoms with Crippen molar-refractivity contribution in [2.24, 2.45) is 10.9 Å². The van der Waals surface area contributed by atoms with Gasteiger partial charge in [0, 0.05) is 29.3 Å². The zero-order valence-corrected chi connectivity index (χ0v) is 22.4. The average molecular weight is 506 g/mol. The van der Waals surface area contributed by atoms with Crippen molar-refractivity contribution in [2.75, 3.05) is 20.8 Å². The molecular formula is C30H35NO6. The smallest absolute Gasteiger partial charge is 0.336 e. The first-order valence-corrected chi connectivity index (χ1v) is 12.7. The van der Waals surface area contributed by atoms with Gasteiger partial charge in [-0.05, 0) is 63.8 Å². The minimum Gasteiger partial charge on any atom is -0.494 e. The lowest BCUT2D eigenvalue weighted by atomic mass is 9.66. The van der Waals surface area contributed by atoms with Crippen LogP contribution in [0.2, 0.25) is 0 Å². The molecule has 2 aromatic rings. The van der Waals surface area contributed by atoms with Crippen molar-refractivity contribution in [1.29, 1.82) is 0 Å². The van der Waals surface area contributed by atoms with Gasteiger partial charge in [-0.1, -0.05) is 24.3 Å². The normalized spacial score (nSPS) is 21.3. The van der Waals surface area contributed by atoms with Gasteiger partial charge in [0.1, 0.15) is 11.5 Å². The minimum absolute atomic E-state index is 0.0448. The van der Waals surface area contributed by atoms with E-state index in [-0.39, 0.29) is 17.8 Å². The zero-order valence-electron chi connectivity index (χ0n) is 22.4. The van der Waals surface area contributed by atoms with Gasteiger partial charge in [-0.3, -0.25) is 9.79 Å². The summed E-state index contributed by atoms with van der Waals surface area (Å²) in [7, 11) is 3.20. The number of carbonyl (C=O) groups is 2. The predicted molar refractivity (Wildman–Crippen MR) is 142 cm³/mol. The topological polar surface area (TPSA) is 83.4 Å². The summed E-state index contributed by atoms with van der Waals surface area (Å²) in [6.45, 7) is 7.83. The summed E-state index contributed by atoms with van der Waals surface area (Å²) in [4.78, 5) is 32.1. The minimum atomic E-state index is -0.559. The maximum absolute atomic E-state index is 13.9. The van der Waals surface area contributed by atoms with Gasteiger partial charge < -0.3 is 18.9 Å². The first-order chi connectivity index (χ1) is 17.8. The van der Waals surface area contributed by atoms with E-state index in [1.165, 1.54) is 0 Å². The maximum Gasteiger partial charge on any atom is 0.336 e. The Bertz CT molecular complexity index is 1240. The Hall–Kier alpha value is -3.61. The highest BCUT2D eigenvalue weighted by Gasteiger charge is 2.47. The second-order valence-corrected chi connectivity index (χ2v) is 9.67. The van der Waals surface area contributed by atoms with E-state index in [1.54, 1.807) is 14.2 Å². The number of esters is 1. The lowest BCUT2D eigenvalue weighted by molar-refractivity contribution is -0.143. The SMILES string of the molecule is CCOc1ccccc1[C@@H]1C(C(=O)OC(C)C)=C(C)N=C2C[C@H](c3ccc(OC)c(OC)c3)CC(=O)C21. The molecule has 1 heterocycles. The number of methoxy groups -OCH3 is 2. The molecule has 1 aliphatic carbocycles. The summed E-state index contributed by atoms with van der Waals surface area (Å²) in [6.07, 6.45) is 0.638. The molecule has 1 saturated carbocycles. The highest BCUT2D eigenvalue weighted by Crippen LogP contribution is 2.48. The van der Waals surface area contributed by atoms with Gasteiger partial charge in [0.2, 0.25) is 0 Å². The maximum atomic E-state index is 13.9. The van der Waals surface area contributed by atoms with Crippen LogP contribution in [0.15, 0.2) is 58.7 Å². The lowest BCUT2D eigenvalue weighted by Gasteiger charge is -2.38. The summed E-state index contributed by atoms with van der Waals surface area (Å²) in [5, 5.41) is 0. The molecule has 0 bridgehead atoms. The third kappa shape index (κ3) is 5.26. The van der Waals surface area contributed by atoms with Crippen molar-refractivity contribution in [1.82, 2.24) is 0 Å². The standard InChI is InChI=1S/C30H35NO6/c1-7-36-24-11-9-8-10-21(24)28-27(30(33)37-17(2)3)18(4)31-22-14-20(15-23(32)29(22)28)19-12-13-25(34-5)26(16-19)35-6/h8-13,16-17,20,28-29H,7,14-15H2,1-6H3/t20-,28+,29?/m0/s1. The molecule has 0 spiro atoms. The van der Waals surface area contributed by atoms with Crippen molar-refractivity contribution in [3.8, 4) is 17.2 Å². The van der Waals surface area contributed by atoms with Gasteiger partial charge in [-0.2, -0.15) is 0 Å². The fourth-order valence-electron chi connectivity index (χ4n) is 5.42. The van der Waals surface area contributed by atoms with Crippen LogP contribution in [0, 0.1) is 5.92 Å². The summed E-state index contributed by atoms with van der Waals surface area (Å²) in [5.41, 5.74) is 3.58. The summed E-state index contributed by atoms with van der Waals surface area (Å²) in [6, 6.07) is 13.4. The molecule has 0 N–H and O–H groups in total. The van der Waals surface area contributed by atoms with Crippen LogP contribution in [-0.2, 0) is 14.3 Å². The molecule has 0 radical (unpaired) electrons. The van der Waals surface area contributed by atoms with Crippen LogP contribution in [0.1, 0.15) is 63.5 Å². The second kappa shape index (κ2) is 11.2. The number of fused-ring (bicyclic) bond motifs is 1. The molecule has 1 fully saturated rings. The molecule has 2 aromatic carbocycles. The van der Waals surface area contributed by atoms with E-state index < -0.39 is 17.8 Å². The summed E-state index contributed by atoms with van der Waals surface area (Å²) >= 11 is 0.